The van der Waals surface area contributed by atoms with Crippen molar-refractivity contribution in [3.8, 4) is 0 Å². The molecule has 0 rings (SSSR count). The van der Waals surface area contributed by atoms with Crippen LogP contribution in [0.2, 0.25) is 0 Å². The van der Waals surface area contributed by atoms with Crippen molar-refractivity contribution < 1.29 is 0 Å². The summed E-state index contributed by atoms with van der Waals surface area (Å²) in [6.45, 7) is 17.1. The van der Waals surface area contributed by atoms with E-state index in [2.05, 4.69) is 48.5 Å². The average Bonchev–Trinajstić information content (AvgIpc) is 3.30. The van der Waals surface area contributed by atoms with E-state index in [0.717, 1.165) is 5.92 Å². The summed E-state index contributed by atoms with van der Waals surface area (Å²) in [5, 5.41) is 0. The minimum atomic E-state index is 0.531. The van der Waals surface area contributed by atoms with Crippen LogP contribution in [0.25, 0.3) is 0 Å². The average molecular weight is 900 g/mol. The lowest BCUT2D eigenvalue weighted by Crippen LogP contribution is -2.47. The Bertz CT molecular complexity index is 843. The SMILES string of the molecule is CCCCCCCCCCCCC(CCCCCCCCCC)(CCCCCCCCCCC)C(CCCCCCCC)(CCCCCCCCC)C(C)CCCCCCCCCC. The first-order chi connectivity index (χ1) is 31.5. The van der Waals surface area contributed by atoms with Crippen LogP contribution in [0.5, 0.6) is 0 Å². The molecule has 0 nitrogen and oxygen atoms in total. The lowest BCUT2D eigenvalue weighted by Gasteiger charge is -2.56. The van der Waals surface area contributed by atoms with E-state index in [0.29, 0.717) is 10.8 Å². The summed E-state index contributed by atoms with van der Waals surface area (Å²) in [5.41, 5.74) is 1.07. The summed E-state index contributed by atoms with van der Waals surface area (Å²) >= 11 is 0. The molecule has 0 aromatic heterocycles. The molecular weight excluding hydrogens is 769 g/mol. The highest BCUT2D eigenvalue weighted by Gasteiger charge is 2.51. The maximum absolute atomic E-state index is 2.87. The van der Waals surface area contributed by atoms with Gasteiger partial charge >= 0.3 is 0 Å². The van der Waals surface area contributed by atoms with E-state index >= 15 is 0 Å². The van der Waals surface area contributed by atoms with Gasteiger partial charge in [0.15, 0.2) is 0 Å². The van der Waals surface area contributed by atoms with E-state index in [-0.39, 0.29) is 0 Å². The molecule has 0 heterocycles. The van der Waals surface area contributed by atoms with Crippen LogP contribution >= 0.6 is 0 Å². The normalized spacial score (nSPS) is 14.3. The zero-order valence-corrected chi connectivity index (χ0v) is 46.8. The Morgan fingerprint density at radius 3 is 0.594 bits per heavy atom. The maximum atomic E-state index is 2.87. The zero-order valence-electron chi connectivity index (χ0n) is 46.8. The second kappa shape index (κ2) is 50.9. The van der Waals surface area contributed by atoms with Crippen molar-refractivity contribution in [2.45, 2.75) is 395 Å². The Morgan fingerprint density at radius 2 is 0.375 bits per heavy atom. The van der Waals surface area contributed by atoms with Crippen LogP contribution in [0, 0.1) is 16.7 Å². The summed E-state index contributed by atoms with van der Waals surface area (Å²) in [6.07, 6.45) is 79.8. The third kappa shape index (κ3) is 36.0. The van der Waals surface area contributed by atoms with Crippen molar-refractivity contribution in [3.05, 3.63) is 0 Å². The lowest BCUT2D eigenvalue weighted by molar-refractivity contribution is -0.0672. The molecule has 3 atom stereocenters. The molecule has 0 aromatic carbocycles. The van der Waals surface area contributed by atoms with E-state index in [1.165, 1.54) is 315 Å². The molecular formula is C64H130. The van der Waals surface area contributed by atoms with Crippen molar-refractivity contribution >= 4 is 0 Å². The van der Waals surface area contributed by atoms with Gasteiger partial charge in [0.05, 0.1) is 0 Å². The van der Waals surface area contributed by atoms with E-state index in [9.17, 15) is 0 Å². The van der Waals surface area contributed by atoms with Crippen LogP contribution in [0.4, 0.5) is 0 Å². The molecule has 3 unspecified atom stereocenters. The monoisotopic (exact) mass is 899 g/mol. The summed E-state index contributed by atoms with van der Waals surface area (Å²) in [6, 6.07) is 0. The maximum Gasteiger partial charge on any atom is -0.0215 e. The van der Waals surface area contributed by atoms with Crippen molar-refractivity contribution in [1.82, 2.24) is 0 Å². The molecule has 0 aliphatic heterocycles. The molecule has 386 valence electrons. The van der Waals surface area contributed by atoms with E-state index in [4.69, 9.17) is 0 Å². The zero-order chi connectivity index (χ0) is 46.8. The van der Waals surface area contributed by atoms with Gasteiger partial charge in [0.2, 0.25) is 0 Å². The fourth-order valence-electron chi connectivity index (χ4n) is 12.6. The lowest BCUT2D eigenvalue weighted by atomic mass is 9.48. The summed E-state index contributed by atoms with van der Waals surface area (Å²) in [4.78, 5) is 0. The third-order valence-electron chi connectivity index (χ3n) is 17.0. The predicted molar refractivity (Wildman–Crippen MR) is 297 cm³/mol. The van der Waals surface area contributed by atoms with Gasteiger partial charge in [-0.1, -0.05) is 363 Å². The van der Waals surface area contributed by atoms with Gasteiger partial charge < -0.3 is 0 Å². The first-order valence-electron chi connectivity index (χ1n) is 31.5. The van der Waals surface area contributed by atoms with Crippen LogP contribution in [0.3, 0.4) is 0 Å². The topological polar surface area (TPSA) is 0 Å². The van der Waals surface area contributed by atoms with Gasteiger partial charge in [-0.25, -0.2) is 0 Å². The molecule has 0 saturated heterocycles. The molecule has 0 radical (unpaired) electrons. The molecule has 0 aliphatic carbocycles. The summed E-state index contributed by atoms with van der Waals surface area (Å²) < 4.78 is 0. The molecule has 0 bridgehead atoms. The van der Waals surface area contributed by atoms with E-state index in [1.54, 1.807) is 32.1 Å². The molecule has 0 amide bonds. The van der Waals surface area contributed by atoms with Gasteiger partial charge in [-0.05, 0) is 48.9 Å². The third-order valence-corrected chi connectivity index (χ3v) is 17.0. The van der Waals surface area contributed by atoms with E-state index < -0.39 is 0 Å². The predicted octanol–water partition coefficient (Wildman–Crippen LogP) is 24.8. The highest BCUT2D eigenvalue weighted by Crippen LogP contribution is 2.61. The highest BCUT2D eigenvalue weighted by atomic mass is 14.6. The largest absolute Gasteiger partial charge is 0.0654 e. The first-order valence-corrected chi connectivity index (χ1v) is 31.5. The van der Waals surface area contributed by atoms with Gasteiger partial charge in [-0.3, -0.25) is 0 Å². The highest BCUT2D eigenvalue weighted by molar-refractivity contribution is 5.01. The van der Waals surface area contributed by atoms with Gasteiger partial charge in [0.1, 0.15) is 0 Å². The number of rotatable bonds is 56. The van der Waals surface area contributed by atoms with Gasteiger partial charge in [0, 0.05) is 0 Å². The van der Waals surface area contributed by atoms with Crippen LogP contribution < -0.4 is 0 Å². The van der Waals surface area contributed by atoms with Crippen LogP contribution in [0.15, 0.2) is 0 Å². The Hall–Kier alpha value is 0. The number of hydrogen-bond acceptors (Lipinski definition) is 0. The molecule has 0 spiro atoms. The van der Waals surface area contributed by atoms with Crippen molar-refractivity contribution in [1.29, 1.82) is 0 Å². The fourth-order valence-corrected chi connectivity index (χ4v) is 12.6. The van der Waals surface area contributed by atoms with Crippen LogP contribution in [0.1, 0.15) is 395 Å². The smallest absolute Gasteiger partial charge is 0.0215 e. The Labute approximate surface area is 410 Å². The Balaban J connectivity index is 6.79. The molecule has 0 N–H and O–H groups in total. The van der Waals surface area contributed by atoms with Crippen molar-refractivity contribution in [2.24, 2.45) is 16.7 Å². The summed E-state index contributed by atoms with van der Waals surface area (Å²) in [7, 11) is 0. The van der Waals surface area contributed by atoms with E-state index in [1.807, 2.05) is 0 Å². The minimum Gasteiger partial charge on any atom is -0.0654 e. The van der Waals surface area contributed by atoms with Crippen LogP contribution in [-0.4, -0.2) is 0 Å². The first kappa shape index (κ1) is 64.0. The number of hydrogen-bond donors (Lipinski definition) is 0. The fraction of sp³-hybridized carbons (Fsp3) is 1.00. The molecule has 0 aromatic rings. The van der Waals surface area contributed by atoms with Crippen molar-refractivity contribution in [3.63, 3.8) is 0 Å². The van der Waals surface area contributed by atoms with Gasteiger partial charge in [-0.15, -0.1) is 0 Å². The summed E-state index contributed by atoms with van der Waals surface area (Å²) in [5.74, 6) is 0.874. The molecule has 0 aliphatic rings. The minimum absolute atomic E-state index is 0.531. The standard InChI is InChI=1S/C64H130/c1-8-14-20-26-32-36-38-43-47-53-59-63(57-51-45-41-35-29-23-17-11-4,58-52-46-42-37-33-27-21-15-9-2)64(60-54-48-31-25-19-13-6,61-55-49-40-30-24-18-12-5)62(7)56-50-44-39-34-28-22-16-10-3/h62H,8-61H2,1-7H3. The Morgan fingerprint density at radius 1 is 0.203 bits per heavy atom. The molecule has 0 fully saturated rings. The number of unbranched alkanes of at least 4 members (excludes halogenated alkanes) is 42. The van der Waals surface area contributed by atoms with Gasteiger partial charge in [0.25, 0.3) is 0 Å². The molecule has 0 saturated carbocycles. The quantitative estimate of drug-likeness (QED) is 0.0534. The van der Waals surface area contributed by atoms with Gasteiger partial charge in [-0.2, -0.15) is 0 Å². The van der Waals surface area contributed by atoms with Crippen molar-refractivity contribution in [2.75, 3.05) is 0 Å². The second-order valence-corrected chi connectivity index (χ2v) is 22.7. The molecule has 64 heavy (non-hydrogen) atoms. The molecule has 0 heteroatoms. The second-order valence-electron chi connectivity index (χ2n) is 22.7. The Kier molecular flexibility index (Phi) is 50.9. The van der Waals surface area contributed by atoms with Crippen LogP contribution in [-0.2, 0) is 0 Å².